The summed E-state index contributed by atoms with van der Waals surface area (Å²) < 4.78 is 22.3. The van der Waals surface area contributed by atoms with Crippen LogP contribution >= 0.6 is 0 Å². The van der Waals surface area contributed by atoms with Crippen LogP contribution in [0.1, 0.15) is 63.3 Å². The van der Waals surface area contributed by atoms with Gasteiger partial charge in [-0.1, -0.05) is 30.3 Å². The predicted octanol–water partition coefficient (Wildman–Crippen LogP) is 3.23. The van der Waals surface area contributed by atoms with Crippen LogP contribution in [0.15, 0.2) is 51.1 Å². The molecule has 2 atom stereocenters. The molecule has 3 aliphatic rings. The SMILES string of the molecule is CCn1c(=O)n(CCCOC2CCCCO2)c(=O)c2c1nc(C1=CNC(OC3CCC3)C=N1)n2Cc1ccccc1. The van der Waals surface area contributed by atoms with Crippen LogP contribution in [0.25, 0.3) is 16.9 Å². The molecular formula is C30H38N6O5. The third kappa shape index (κ3) is 5.93. The molecule has 11 heteroatoms. The second kappa shape index (κ2) is 12.5. The van der Waals surface area contributed by atoms with Crippen LogP contribution in [0, 0.1) is 0 Å². The number of hydrogen-bond acceptors (Lipinski definition) is 8. The van der Waals surface area contributed by atoms with Crippen LogP contribution in [0.2, 0.25) is 0 Å². The van der Waals surface area contributed by atoms with Gasteiger partial charge in [0.1, 0.15) is 5.70 Å². The average Bonchev–Trinajstić information content (AvgIpc) is 3.35. The smallest absolute Gasteiger partial charge is 0.332 e. The minimum Gasteiger partial charge on any atom is -0.360 e. The number of aryl methyl sites for hydroxylation is 1. The van der Waals surface area contributed by atoms with Crippen LogP contribution < -0.4 is 16.6 Å². The van der Waals surface area contributed by atoms with Crippen molar-refractivity contribution in [2.75, 3.05) is 13.2 Å². The van der Waals surface area contributed by atoms with Gasteiger partial charge in [-0.25, -0.2) is 9.78 Å². The molecule has 11 nitrogen and oxygen atoms in total. The Morgan fingerprint density at radius 2 is 1.90 bits per heavy atom. The first kappa shape index (κ1) is 27.6. The van der Waals surface area contributed by atoms with Crippen molar-refractivity contribution in [3.05, 3.63) is 68.8 Å². The van der Waals surface area contributed by atoms with Gasteiger partial charge in [0.25, 0.3) is 5.56 Å². The van der Waals surface area contributed by atoms with Gasteiger partial charge in [0, 0.05) is 32.4 Å². The zero-order valence-corrected chi connectivity index (χ0v) is 23.5. The summed E-state index contributed by atoms with van der Waals surface area (Å²) in [7, 11) is 0. The maximum absolute atomic E-state index is 14.0. The van der Waals surface area contributed by atoms with Crippen LogP contribution in [-0.4, -0.2) is 56.7 Å². The molecule has 1 aromatic carbocycles. The highest BCUT2D eigenvalue weighted by molar-refractivity contribution is 5.81. The Morgan fingerprint density at radius 3 is 2.59 bits per heavy atom. The van der Waals surface area contributed by atoms with Gasteiger partial charge in [-0.15, -0.1) is 0 Å². The molecule has 0 radical (unpaired) electrons. The van der Waals surface area contributed by atoms with Gasteiger partial charge in [-0.05, 0) is 57.4 Å². The van der Waals surface area contributed by atoms with Gasteiger partial charge in [0.05, 0.1) is 18.9 Å². The molecule has 2 aliphatic heterocycles. The molecule has 0 spiro atoms. The number of nitrogens with one attached hydrogen (secondary N) is 1. The Morgan fingerprint density at radius 1 is 1.05 bits per heavy atom. The van der Waals surface area contributed by atoms with Gasteiger partial charge in [0.15, 0.2) is 29.5 Å². The van der Waals surface area contributed by atoms with E-state index in [0.717, 1.165) is 37.7 Å². The van der Waals surface area contributed by atoms with Crippen molar-refractivity contribution in [3.63, 3.8) is 0 Å². The third-order valence-corrected chi connectivity index (χ3v) is 7.94. The Hall–Kier alpha value is -3.54. The number of aliphatic imine (C=N–C) groups is 1. The van der Waals surface area contributed by atoms with Crippen molar-refractivity contribution in [2.24, 2.45) is 4.99 Å². The summed E-state index contributed by atoms with van der Waals surface area (Å²) in [4.78, 5) is 37.0. The molecule has 2 unspecified atom stereocenters. The van der Waals surface area contributed by atoms with Crippen molar-refractivity contribution in [3.8, 4) is 0 Å². The standard InChI is InChI=1S/C30H38N6O5/c1-2-34-28-26(29(37)35(30(34)38)15-9-17-40-25-14-6-7-16-39-25)36(20-21-10-4-3-5-11-21)27(33-28)23-18-32-24(19-31-23)41-22-12-8-13-22/h3-5,10-11,18-19,22,24-25,32H,2,6-9,12-17,20H2,1H3. The number of imidazole rings is 1. The van der Waals surface area contributed by atoms with Crippen molar-refractivity contribution in [2.45, 2.75) is 90.1 Å². The Balaban J connectivity index is 1.34. The summed E-state index contributed by atoms with van der Waals surface area (Å²) in [5, 5.41) is 3.27. The second-order valence-corrected chi connectivity index (χ2v) is 10.8. The lowest BCUT2D eigenvalue weighted by atomic mass is 9.96. The third-order valence-electron chi connectivity index (χ3n) is 7.94. The first-order chi connectivity index (χ1) is 20.1. The van der Waals surface area contributed by atoms with E-state index in [1.165, 1.54) is 11.0 Å². The van der Waals surface area contributed by atoms with Gasteiger partial charge >= 0.3 is 5.69 Å². The van der Waals surface area contributed by atoms with E-state index >= 15 is 0 Å². The number of aromatic nitrogens is 4. The lowest BCUT2D eigenvalue weighted by Gasteiger charge is -2.30. The van der Waals surface area contributed by atoms with E-state index in [9.17, 15) is 9.59 Å². The fourth-order valence-electron chi connectivity index (χ4n) is 5.47. The van der Waals surface area contributed by atoms with E-state index in [1.54, 1.807) is 17.0 Å². The molecule has 218 valence electrons. The summed E-state index contributed by atoms with van der Waals surface area (Å²) in [6.45, 7) is 4.03. The van der Waals surface area contributed by atoms with Crippen molar-refractivity contribution >= 4 is 23.1 Å². The van der Waals surface area contributed by atoms with Gasteiger partial charge in [-0.3, -0.25) is 18.9 Å². The van der Waals surface area contributed by atoms with Gasteiger partial charge in [-0.2, -0.15) is 0 Å². The molecule has 1 saturated carbocycles. The Labute approximate surface area is 238 Å². The normalized spacial score (nSPS) is 21.0. The predicted molar refractivity (Wildman–Crippen MR) is 156 cm³/mol. The zero-order valence-electron chi connectivity index (χ0n) is 23.5. The lowest BCUT2D eigenvalue weighted by Crippen LogP contribution is -2.40. The van der Waals surface area contributed by atoms with Crippen LogP contribution in [0.5, 0.6) is 0 Å². The minimum atomic E-state index is -0.372. The van der Waals surface area contributed by atoms with Crippen LogP contribution in [0.4, 0.5) is 0 Å². The van der Waals surface area contributed by atoms with E-state index in [-0.39, 0.29) is 36.4 Å². The number of fused-ring (bicyclic) bond motifs is 1. The highest BCUT2D eigenvalue weighted by Crippen LogP contribution is 2.25. The Bertz CT molecular complexity index is 1530. The van der Waals surface area contributed by atoms with E-state index in [0.29, 0.717) is 55.4 Å². The highest BCUT2D eigenvalue weighted by atomic mass is 16.7. The first-order valence-corrected chi connectivity index (χ1v) is 14.8. The maximum Gasteiger partial charge on any atom is 0.332 e. The fourth-order valence-corrected chi connectivity index (χ4v) is 5.47. The molecule has 4 heterocycles. The van der Waals surface area contributed by atoms with Crippen LogP contribution in [-0.2, 0) is 33.8 Å². The Kier molecular flexibility index (Phi) is 8.45. The second-order valence-electron chi connectivity index (χ2n) is 10.8. The average molecular weight is 563 g/mol. The topological polar surface area (TPSA) is 114 Å². The number of hydrogen-bond donors (Lipinski definition) is 1. The molecule has 1 N–H and O–H groups in total. The number of nitrogens with zero attached hydrogens (tertiary/aromatic N) is 5. The van der Waals surface area contributed by atoms with Crippen LogP contribution in [0.3, 0.4) is 0 Å². The minimum absolute atomic E-state index is 0.207. The largest absolute Gasteiger partial charge is 0.360 e. The van der Waals surface area contributed by atoms with Crippen molar-refractivity contribution in [1.82, 2.24) is 24.0 Å². The monoisotopic (exact) mass is 562 g/mol. The van der Waals surface area contributed by atoms with Gasteiger partial charge < -0.3 is 24.1 Å². The summed E-state index contributed by atoms with van der Waals surface area (Å²) in [6.07, 6.45) is 10.1. The molecule has 6 rings (SSSR count). The quantitative estimate of drug-likeness (QED) is 0.357. The van der Waals surface area contributed by atoms with E-state index in [1.807, 2.05) is 41.8 Å². The molecule has 41 heavy (non-hydrogen) atoms. The number of rotatable bonds is 11. The summed E-state index contributed by atoms with van der Waals surface area (Å²) in [5.74, 6) is 0.518. The van der Waals surface area contributed by atoms with E-state index in [4.69, 9.17) is 19.2 Å². The number of benzene rings is 1. The highest BCUT2D eigenvalue weighted by Gasteiger charge is 2.26. The molecule has 0 bridgehead atoms. The molecule has 1 saturated heterocycles. The fraction of sp³-hybridized carbons (Fsp3) is 0.533. The lowest BCUT2D eigenvalue weighted by molar-refractivity contribution is -0.163. The van der Waals surface area contributed by atoms with Crippen molar-refractivity contribution in [1.29, 1.82) is 0 Å². The molecule has 2 aromatic heterocycles. The molecule has 1 aliphatic carbocycles. The summed E-state index contributed by atoms with van der Waals surface area (Å²) in [6, 6.07) is 9.90. The molecule has 3 aromatic rings. The number of ether oxygens (including phenoxy) is 3. The molecule has 0 amide bonds. The summed E-state index contributed by atoms with van der Waals surface area (Å²) >= 11 is 0. The first-order valence-electron chi connectivity index (χ1n) is 14.8. The van der Waals surface area contributed by atoms with Gasteiger partial charge in [0.2, 0.25) is 0 Å². The maximum atomic E-state index is 14.0. The zero-order chi connectivity index (χ0) is 28.2. The molecule has 2 fully saturated rings. The molecular weight excluding hydrogens is 524 g/mol. The van der Waals surface area contributed by atoms with E-state index < -0.39 is 0 Å². The van der Waals surface area contributed by atoms with E-state index in [2.05, 4.69) is 10.3 Å². The summed E-state index contributed by atoms with van der Waals surface area (Å²) in [5.41, 5.74) is 1.59. The van der Waals surface area contributed by atoms with Crippen molar-refractivity contribution < 1.29 is 14.2 Å².